The predicted molar refractivity (Wildman–Crippen MR) is 123 cm³/mol. The third-order valence-electron chi connectivity index (χ3n) is 5.42. The Morgan fingerprint density at radius 3 is 2.37 bits per heavy atom. The van der Waals surface area contributed by atoms with E-state index in [1.165, 1.54) is 11.1 Å². The minimum atomic E-state index is 0.0393. The topological polar surface area (TPSA) is 54.0 Å². The fourth-order valence-corrected chi connectivity index (χ4v) is 4.10. The van der Waals surface area contributed by atoms with Crippen molar-refractivity contribution in [2.24, 2.45) is 0 Å². The van der Waals surface area contributed by atoms with E-state index in [4.69, 9.17) is 9.47 Å². The lowest BCUT2D eigenvalue weighted by molar-refractivity contribution is -0.117. The number of nitrogens with one attached hydrogen (secondary N) is 1. The molecule has 1 saturated heterocycles. The Labute approximate surface area is 183 Å². The molecule has 2 aromatic rings. The zero-order valence-corrected chi connectivity index (χ0v) is 19.1. The minimum absolute atomic E-state index is 0.0393. The van der Waals surface area contributed by atoms with Gasteiger partial charge in [0.1, 0.15) is 0 Å². The smallest absolute Gasteiger partial charge is 0.238 e. The Bertz CT molecular complexity index is 867. The number of aryl methyl sites for hydroxylation is 1. The van der Waals surface area contributed by atoms with E-state index >= 15 is 0 Å². The molecule has 0 aromatic heterocycles. The number of rotatable bonds is 8. The molecule has 0 spiro atoms. The molecule has 1 N–H and O–H groups in total. The first kappa shape index (κ1) is 22.5. The van der Waals surface area contributed by atoms with E-state index in [0.717, 1.165) is 54.8 Å². The van der Waals surface area contributed by atoms with Gasteiger partial charge in [-0.1, -0.05) is 6.07 Å². The van der Waals surface area contributed by atoms with Gasteiger partial charge < -0.3 is 14.8 Å². The normalized spacial score (nSPS) is 15.1. The number of hydrogen-bond donors (Lipinski definition) is 1. The summed E-state index contributed by atoms with van der Waals surface area (Å²) < 4.78 is 10.8. The van der Waals surface area contributed by atoms with Crippen LogP contribution in [0.25, 0.3) is 0 Å². The van der Waals surface area contributed by atoms with Crippen molar-refractivity contribution in [3.05, 3.63) is 47.5 Å². The lowest BCUT2D eigenvalue weighted by Gasteiger charge is -2.34. The molecule has 162 valence electrons. The molecular formula is C23H31N3O3S. The van der Waals surface area contributed by atoms with Gasteiger partial charge in [-0.3, -0.25) is 14.6 Å². The zero-order chi connectivity index (χ0) is 21.5. The number of piperazine rings is 1. The second-order valence-electron chi connectivity index (χ2n) is 7.47. The molecule has 0 aliphatic carbocycles. The van der Waals surface area contributed by atoms with Crippen molar-refractivity contribution in [2.75, 3.05) is 58.5 Å². The molecule has 0 atom stereocenters. The number of carbonyl (C=O) groups is 1. The van der Waals surface area contributed by atoms with Crippen molar-refractivity contribution in [3.63, 3.8) is 0 Å². The van der Waals surface area contributed by atoms with Crippen molar-refractivity contribution < 1.29 is 14.3 Å². The van der Waals surface area contributed by atoms with E-state index in [2.05, 4.69) is 28.1 Å². The highest BCUT2D eigenvalue weighted by molar-refractivity contribution is 7.98. The van der Waals surface area contributed by atoms with Gasteiger partial charge in [-0.15, -0.1) is 11.8 Å². The average molecular weight is 430 g/mol. The maximum Gasteiger partial charge on any atom is 0.238 e. The minimum Gasteiger partial charge on any atom is -0.493 e. The molecule has 30 heavy (non-hydrogen) atoms. The third kappa shape index (κ3) is 5.90. The second-order valence-corrected chi connectivity index (χ2v) is 8.35. The van der Waals surface area contributed by atoms with E-state index in [0.29, 0.717) is 6.54 Å². The van der Waals surface area contributed by atoms with Crippen molar-refractivity contribution in [1.82, 2.24) is 9.80 Å². The van der Waals surface area contributed by atoms with Gasteiger partial charge in [-0.25, -0.2) is 0 Å². The monoisotopic (exact) mass is 429 g/mol. The van der Waals surface area contributed by atoms with E-state index in [9.17, 15) is 4.79 Å². The Balaban J connectivity index is 1.49. The molecule has 1 aliphatic rings. The molecule has 0 radical (unpaired) electrons. The number of benzene rings is 2. The van der Waals surface area contributed by atoms with E-state index in [-0.39, 0.29) is 5.91 Å². The highest BCUT2D eigenvalue weighted by Gasteiger charge is 2.20. The van der Waals surface area contributed by atoms with Crippen LogP contribution in [-0.4, -0.2) is 68.9 Å². The Morgan fingerprint density at radius 2 is 1.70 bits per heavy atom. The SMILES string of the molecule is COc1cc(C)c(CN2CCN(CC(=O)Nc3cccc(SC)c3)CC2)cc1OC. The van der Waals surface area contributed by atoms with Crippen LogP contribution in [0.5, 0.6) is 11.5 Å². The van der Waals surface area contributed by atoms with E-state index < -0.39 is 0 Å². The first-order valence-electron chi connectivity index (χ1n) is 10.1. The molecule has 7 heteroatoms. The van der Waals surface area contributed by atoms with Gasteiger partial charge in [0.15, 0.2) is 11.5 Å². The van der Waals surface area contributed by atoms with Crippen LogP contribution in [0.3, 0.4) is 0 Å². The summed E-state index contributed by atoms with van der Waals surface area (Å²) in [5.74, 6) is 1.56. The Morgan fingerprint density at radius 1 is 1.03 bits per heavy atom. The number of thioether (sulfide) groups is 1. The summed E-state index contributed by atoms with van der Waals surface area (Å²) in [6, 6.07) is 12.0. The first-order valence-corrected chi connectivity index (χ1v) is 11.3. The number of amides is 1. The van der Waals surface area contributed by atoms with Crippen molar-refractivity contribution >= 4 is 23.4 Å². The average Bonchev–Trinajstić information content (AvgIpc) is 2.76. The molecule has 2 aromatic carbocycles. The van der Waals surface area contributed by atoms with Gasteiger partial charge in [0.2, 0.25) is 5.91 Å². The molecule has 6 nitrogen and oxygen atoms in total. The molecular weight excluding hydrogens is 398 g/mol. The number of anilines is 1. The van der Waals surface area contributed by atoms with Crippen molar-refractivity contribution in [1.29, 1.82) is 0 Å². The van der Waals surface area contributed by atoms with Gasteiger partial charge in [0.25, 0.3) is 0 Å². The summed E-state index contributed by atoms with van der Waals surface area (Å²) >= 11 is 1.67. The van der Waals surface area contributed by atoms with Crippen LogP contribution in [0.4, 0.5) is 5.69 Å². The third-order valence-corrected chi connectivity index (χ3v) is 6.15. The fraction of sp³-hybridized carbons (Fsp3) is 0.435. The first-order chi connectivity index (χ1) is 14.5. The van der Waals surface area contributed by atoms with Gasteiger partial charge >= 0.3 is 0 Å². The van der Waals surface area contributed by atoms with Crippen LogP contribution in [0, 0.1) is 6.92 Å². The van der Waals surface area contributed by atoms with E-state index in [1.807, 2.05) is 36.6 Å². The lowest BCUT2D eigenvalue weighted by Crippen LogP contribution is -2.48. The molecule has 0 bridgehead atoms. The van der Waals surface area contributed by atoms with Crippen LogP contribution >= 0.6 is 11.8 Å². The van der Waals surface area contributed by atoms with Gasteiger partial charge in [-0.2, -0.15) is 0 Å². The summed E-state index contributed by atoms with van der Waals surface area (Å²) in [6.45, 7) is 7.02. The van der Waals surface area contributed by atoms with Gasteiger partial charge in [0.05, 0.1) is 20.8 Å². The van der Waals surface area contributed by atoms with Gasteiger partial charge in [-0.05, 0) is 54.6 Å². The summed E-state index contributed by atoms with van der Waals surface area (Å²) in [5.41, 5.74) is 3.30. The lowest BCUT2D eigenvalue weighted by atomic mass is 10.1. The van der Waals surface area contributed by atoms with Crippen molar-refractivity contribution in [3.8, 4) is 11.5 Å². The standard InChI is InChI=1S/C23H31N3O3S/c1-17-12-21(28-2)22(29-3)13-18(17)15-25-8-10-26(11-9-25)16-23(27)24-19-6-5-7-20(14-19)30-4/h5-7,12-14H,8-11,15-16H2,1-4H3,(H,24,27). The molecule has 3 rings (SSSR count). The number of methoxy groups -OCH3 is 2. The highest BCUT2D eigenvalue weighted by Crippen LogP contribution is 2.31. The van der Waals surface area contributed by atoms with E-state index in [1.54, 1.807) is 26.0 Å². The number of carbonyl (C=O) groups excluding carboxylic acids is 1. The Kier molecular flexibility index (Phi) is 8.01. The Hall–Kier alpha value is -2.22. The highest BCUT2D eigenvalue weighted by atomic mass is 32.2. The molecule has 1 amide bonds. The van der Waals surface area contributed by atoms with Crippen molar-refractivity contribution in [2.45, 2.75) is 18.4 Å². The predicted octanol–water partition coefficient (Wildman–Crippen LogP) is 3.49. The number of hydrogen-bond acceptors (Lipinski definition) is 6. The van der Waals surface area contributed by atoms with Crippen LogP contribution in [-0.2, 0) is 11.3 Å². The van der Waals surface area contributed by atoms with Crippen LogP contribution in [0.1, 0.15) is 11.1 Å². The molecule has 0 unspecified atom stereocenters. The largest absolute Gasteiger partial charge is 0.493 e. The quantitative estimate of drug-likeness (QED) is 0.649. The summed E-state index contributed by atoms with van der Waals surface area (Å²) in [6.07, 6.45) is 2.03. The second kappa shape index (κ2) is 10.7. The molecule has 0 saturated carbocycles. The maximum absolute atomic E-state index is 12.4. The van der Waals surface area contributed by atoms with Gasteiger partial charge in [0, 0.05) is 43.3 Å². The molecule has 1 fully saturated rings. The van der Waals surface area contributed by atoms with Crippen LogP contribution in [0.2, 0.25) is 0 Å². The number of ether oxygens (including phenoxy) is 2. The summed E-state index contributed by atoms with van der Waals surface area (Å²) in [4.78, 5) is 18.2. The zero-order valence-electron chi connectivity index (χ0n) is 18.2. The fourth-order valence-electron chi connectivity index (χ4n) is 3.64. The summed E-state index contributed by atoms with van der Waals surface area (Å²) in [5, 5.41) is 3.01. The van der Waals surface area contributed by atoms with Crippen LogP contribution in [0.15, 0.2) is 41.3 Å². The number of nitrogens with zero attached hydrogens (tertiary/aromatic N) is 2. The van der Waals surface area contributed by atoms with Crippen LogP contribution < -0.4 is 14.8 Å². The summed E-state index contributed by atoms with van der Waals surface area (Å²) in [7, 11) is 3.32. The maximum atomic E-state index is 12.4. The molecule has 1 aliphatic heterocycles. The molecule has 1 heterocycles.